The van der Waals surface area contributed by atoms with Crippen molar-refractivity contribution in [3.63, 3.8) is 0 Å². The Balaban J connectivity index is 1.98. The Bertz CT molecular complexity index is 699. The molecule has 1 aromatic heterocycles. The number of hydrogen-bond acceptors (Lipinski definition) is 3. The van der Waals surface area contributed by atoms with E-state index in [1.165, 1.54) is 32.1 Å². The molecule has 0 spiro atoms. The molecule has 1 saturated carbocycles. The van der Waals surface area contributed by atoms with Crippen LogP contribution < -0.4 is 15.1 Å². The van der Waals surface area contributed by atoms with Gasteiger partial charge in [-0.25, -0.2) is 0 Å². The van der Waals surface area contributed by atoms with Gasteiger partial charge in [-0.05, 0) is 37.5 Å². The molecule has 0 aliphatic heterocycles. The van der Waals surface area contributed by atoms with Crippen LogP contribution in [0.15, 0.2) is 27.5 Å². The van der Waals surface area contributed by atoms with Crippen molar-refractivity contribution in [1.29, 1.82) is 0 Å². The second-order valence-corrected chi connectivity index (χ2v) is 6.02. The zero-order valence-electron chi connectivity index (χ0n) is 12.7. The highest BCUT2D eigenvalue weighted by molar-refractivity contribution is 5.79. The highest BCUT2D eigenvalue weighted by atomic mass is 16.5. The van der Waals surface area contributed by atoms with Crippen LogP contribution in [0.1, 0.15) is 37.7 Å². The molecule has 0 radical (unpaired) electrons. The molecule has 4 nitrogen and oxygen atoms in total. The van der Waals surface area contributed by atoms with E-state index in [1.807, 2.05) is 25.3 Å². The highest BCUT2D eigenvalue weighted by Crippen LogP contribution is 2.25. The molecule has 1 aromatic carbocycles. The summed E-state index contributed by atoms with van der Waals surface area (Å²) in [5.74, 6) is 1.12. The first kappa shape index (κ1) is 14.1. The third-order valence-corrected chi connectivity index (χ3v) is 4.41. The maximum atomic E-state index is 12.2. The number of ether oxygens (including phenoxy) is 1. The monoisotopic (exact) mass is 288 g/mol. The van der Waals surface area contributed by atoms with Gasteiger partial charge in [0, 0.05) is 5.92 Å². The third kappa shape index (κ3) is 2.94. The number of aromatic nitrogens is 1. The first-order valence-electron chi connectivity index (χ1n) is 7.69. The van der Waals surface area contributed by atoms with Gasteiger partial charge in [0.2, 0.25) is 0 Å². The van der Waals surface area contributed by atoms with Crippen LogP contribution in [0, 0.1) is 12.8 Å². The van der Waals surface area contributed by atoms with E-state index in [2.05, 4.69) is 0 Å². The van der Waals surface area contributed by atoms with Gasteiger partial charge in [-0.1, -0.05) is 19.3 Å². The molecule has 21 heavy (non-hydrogen) atoms. The summed E-state index contributed by atoms with van der Waals surface area (Å²) in [7, 11) is 1.65. The highest BCUT2D eigenvalue weighted by Gasteiger charge is 2.22. The van der Waals surface area contributed by atoms with Crippen LogP contribution in [-0.2, 0) is 6.54 Å². The van der Waals surface area contributed by atoms with E-state index in [-0.39, 0.29) is 5.76 Å². The molecular formula is C17H22NO3+. The van der Waals surface area contributed by atoms with Gasteiger partial charge >= 0.3 is 5.76 Å². The summed E-state index contributed by atoms with van der Waals surface area (Å²) < 4.78 is 12.5. The molecule has 0 unspecified atom stereocenters. The van der Waals surface area contributed by atoms with Crippen LogP contribution in [0.3, 0.4) is 0 Å². The maximum absolute atomic E-state index is 12.2. The van der Waals surface area contributed by atoms with E-state index in [9.17, 15) is 4.79 Å². The summed E-state index contributed by atoms with van der Waals surface area (Å²) in [6.45, 7) is 2.69. The first-order chi connectivity index (χ1) is 10.2. The van der Waals surface area contributed by atoms with Gasteiger partial charge in [-0.3, -0.25) is 0 Å². The second kappa shape index (κ2) is 5.88. The van der Waals surface area contributed by atoms with E-state index in [0.717, 1.165) is 23.2 Å². The molecule has 2 aromatic rings. The number of rotatable bonds is 3. The van der Waals surface area contributed by atoms with Crippen molar-refractivity contribution < 1.29 is 13.7 Å². The number of aryl methyl sites for hydroxylation is 1. The number of methoxy groups -OCH3 is 1. The average molecular weight is 288 g/mol. The van der Waals surface area contributed by atoms with Gasteiger partial charge < -0.3 is 9.15 Å². The van der Waals surface area contributed by atoms with Crippen molar-refractivity contribution >= 4 is 11.0 Å². The normalized spacial score (nSPS) is 16.3. The summed E-state index contributed by atoms with van der Waals surface area (Å²) in [6.07, 6.45) is 8.20. The Morgan fingerprint density at radius 1 is 1.29 bits per heavy atom. The standard InChI is InChI=1S/C17H22NO3/c1-12-8-15(20-2)9-14-11-18(17(19)21-16(12)14)10-13-6-4-3-5-7-13/h8-9,11,13H,3-7,10H2,1-2H3/q+1. The van der Waals surface area contributed by atoms with E-state index >= 15 is 0 Å². The summed E-state index contributed by atoms with van der Waals surface area (Å²) in [6, 6.07) is 3.80. The zero-order valence-corrected chi connectivity index (χ0v) is 12.7. The molecule has 4 heteroatoms. The van der Waals surface area contributed by atoms with Gasteiger partial charge in [0.05, 0.1) is 12.5 Å². The van der Waals surface area contributed by atoms with Gasteiger partial charge in [0.25, 0.3) is 0 Å². The molecule has 112 valence electrons. The number of benzene rings is 1. The molecular weight excluding hydrogens is 266 g/mol. The minimum atomic E-state index is -0.263. The van der Waals surface area contributed by atoms with Crippen molar-refractivity contribution in [2.75, 3.05) is 7.11 Å². The third-order valence-electron chi connectivity index (χ3n) is 4.41. The van der Waals surface area contributed by atoms with Gasteiger partial charge in [-0.2, -0.15) is 4.79 Å². The topological polar surface area (TPSA) is 43.3 Å². The Hall–Kier alpha value is -1.84. The molecule has 0 saturated heterocycles. The lowest BCUT2D eigenvalue weighted by Crippen LogP contribution is -2.51. The van der Waals surface area contributed by atoms with Crippen molar-refractivity contribution in [3.8, 4) is 5.75 Å². The van der Waals surface area contributed by atoms with Crippen LogP contribution in [0.2, 0.25) is 0 Å². The van der Waals surface area contributed by atoms with Crippen molar-refractivity contribution in [2.45, 2.75) is 45.6 Å². The van der Waals surface area contributed by atoms with E-state index < -0.39 is 0 Å². The van der Waals surface area contributed by atoms with Crippen molar-refractivity contribution in [2.24, 2.45) is 5.92 Å². The number of nitrogens with zero attached hydrogens (tertiary/aromatic N) is 1. The molecule has 0 amide bonds. The van der Waals surface area contributed by atoms with Gasteiger partial charge in [0.15, 0.2) is 18.3 Å². The Morgan fingerprint density at radius 2 is 2.05 bits per heavy atom. The Morgan fingerprint density at radius 3 is 2.76 bits per heavy atom. The molecule has 1 heterocycles. The smallest absolute Gasteiger partial charge is 0.497 e. The average Bonchev–Trinajstić information content (AvgIpc) is 2.50. The minimum absolute atomic E-state index is 0.263. The van der Waals surface area contributed by atoms with Crippen LogP contribution in [0.5, 0.6) is 5.75 Å². The number of hydrogen-bond donors (Lipinski definition) is 0. The minimum Gasteiger partial charge on any atom is -0.497 e. The lowest BCUT2D eigenvalue weighted by Gasteiger charge is -2.17. The van der Waals surface area contributed by atoms with Crippen LogP contribution in [0.4, 0.5) is 0 Å². The summed E-state index contributed by atoms with van der Waals surface area (Å²) in [5.41, 5.74) is 1.58. The van der Waals surface area contributed by atoms with Gasteiger partial charge in [0.1, 0.15) is 5.75 Å². The Kier molecular flexibility index (Phi) is 3.95. The second-order valence-electron chi connectivity index (χ2n) is 6.02. The molecule has 0 N–H and O–H groups in total. The number of fused-ring (bicyclic) bond motifs is 1. The molecule has 0 atom stereocenters. The predicted octanol–water partition coefficient (Wildman–Crippen LogP) is 2.98. The predicted molar refractivity (Wildman–Crippen MR) is 80.5 cm³/mol. The van der Waals surface area contributed by atoms with Crippen LogP contribution in [-0.4, -0.2) is 7.11 Å². The maximum Gasteiger partial charge on any atom is 0.602 e. The SMILES string of the molecule is COc1cc(C)c2oc(=O)[n+](CC3CCCCC3)cc2c1. The fourth-order valence-electron chi connectivity index (χ4n) is 3.26. The quantitative estimate of drug-likeness (QED) is 0.816. The first-order valence-corrected chi connectivity index (χ1v) is 7.69. The molecule has 3 rings (SSSR count). The summed E-state index contributed by atoms with van der Waals surface area (Å²) in [5, 5.41) is 0.919. The Labute approximate surface area is 124 Å². The van der Waals surface area contributed by atoms with Gasteiger partial charge in [-0.15, -0.1) is 4.57 Å². The molecule has 1 fully saturated rings. The van der Waals surface area contributed by atoms with Crippen molar-refractivity contribution in [1.82, 2.24) is 0 Å². The lowest BCUT2D eigenvalue weighted by molar-refractivity contribution is -0.726. The van der Waals surface area contributed by atoms with E-state index in [0.29, 0.717) is 11.5 Å². The molecule has 1 aliphatic rings. The van der Waals surface area contributed by atoms with E-state index in [4.69, 9.17) is 9.15 Å². The van der Waals surface area contributed by atoms with Crippen molar-refractivity contribution in [3.05, 3.63) is 34.4 Å². The lowest BCUT2D eigenvalue weighted by atomic mass is 9.89. The fraction of sp³-hybridized carbons (Fsp3) is 0.529. The van der Waals surface area contributed by atoms with Crippen LogP contribution >= 0.6 is 0 Å². The molecule has 1 aliphatic carbocycles. The summed E-state index contributed by atoms with van der Waals surface area (Å²) in [4.78, 5) is 12.2. The van der Waals surface area contributed by atoms with Crippen LogP contribution in [0.25, 0.3) is 11.0 Å². The largest absolute Gasteiger partial charge is 0.602 e. The molecule has 0 bridgehead atoms. The zero-order chi connectivity index (χ0) is 14.8. The summed E-state index contributed by atoms with van der Waals surface area (Å²) >= 11 is 0. The fourth-order valence-corrected chi connectivity index (χ4v) is 3.26. The van der Waals surface area contributed by atoms with E-state index in [1.54, 1.807) is 11.7 Å².